The molecule has 1 aliphatic heterocycles. The molecule has 0 aliphatic carbocycles. The van der Waals surface area contributed by atoms with Crippen molar-refractivity contribution in [1.82, 2.24) is 10.7 Å². The van der Waals surface area contributed by atoms with Crippen LogP contribution < -0.4 is 15.6 Å². The Hall–Kier alpha value is -3.64. The summed E-state index contributed by atoms with van der Waals surface area (Å²) in [7, 11) is 3.97. The lowest BCUT2D eigenvalue weighted by molar-refractivity contribution is -0.596. The van der Waals surface area contributed by atoms with Crippen molar-refractivity contribution in [2.75, 3.05) is 19.0 Å². The smallest absolute Gasteiger partial charge is 0.304 e. The fraction of sp³-hybridized carbons (Fsp3) is 0.160. The van der Waals surface area contributed by atoms with Gasteiger partial charge in [-0.2, -0.15) is 0 Å². The number of benzene rings is 3. The molecule has 4 rings (SSSR count). The summed E-state index contributed by atoms with van der Waals surface area (Å²) < 4.78 is 1.76. The first kappa shape index (κ1) is 21.6. The Morgan fingerprint density at radius 2 is 1.66 bits per heavy atom. The first-order valence-electron chi connectivity index (χ1n) is 10.2. The molecule has 2 N–H and O–H groups in total. The summed E-state index contributed by atoms with van der Waals surface area (Å²) in [5.41, 5.74) is 6.26. The summed E-state index contributed by atoms with van der Waals surface area (Å²) in [6.45, 7) is 0. The molecular formula is C25H24ClN4O2+. The molecule has 1 aliphatic rings. The molecule has 1 heterocycles. The van der Waals surface area contributed by atoms with E-state index in [0.29, 0.717) is 10.6 Å². The molecule has 0 radical (unpaired) electrons. The highest BCUT2D eigenvalue weighted by atomic mass is 35.5. The zero-order valence-corrected chi connectivity index (χ0v) is 18.6. The monoisotopic (exact) mass is 447 g/mol. The Bertz CT molecular complexity index is 1140. The van der Waals surface area contributed by atoms with E-state index >= 15 is 0 Å². The molecule has 2 atom stereocenters. The van der Waals surface area contributed by atoms with Crippen LogP contribution in [0.5, 0.6) is 0 Å². The number of hydrazone groups is 1. The van der Waals surface area contributed by atoms with E-state index < -0.39 is 12.1 Å². The van der Waals surface area contributed by atoms with Gasteiger partial charge in [0.15, 0.2) is 6.04 Å². The first-order valence-corrected chi connectivity index (χ1v) is 10.6. The van der Waals surface area contributed by atoms with Gasteiger partial charge in [0.05, 0.1) is 0 Å². The average molecular weight is 448 g/mol. The minimum Gasteiger partial charge on any atom is -0.378 e. The Morgan fingerprint density at radius 3 is 2.28 bits per heavy atom. The normalized spacial score (nSPS) is 19.0. The van der Waals surface area contributed by atoms with Crippen molar-refractivity contribution in [2.45, 2.75) is 12.1 Å². The van der Waals surface area contributed by atoms with E-state index in [4.69, 9.17) is 11.6 Å². The van der Waals surface area contributed by atoms with Gasteiger partial charge in [-0.05, 0) is 48.5 Å². The number of nitrogens with one attached hydrogen (secondary N) is 2. The van der Waals surface area contributed by atoms with E-state index in [0.717, 1.165) is 16.8 Å². The number of hydrazine groups is 1. The molecule has 7 heteroatoms. The van der Waals surface area contributed by atoms with Crippen LogP contribution in [0, 0.1) is 0 Å². The van der Waals surface area contributed by atoms with Crippen molar-refractivity contribution < 1.29 is 14.3 Å². The van der Waals surface area contributed by atoms with Gasteiger partial charge in [0, 0.05) is 41.5 Å². The molecule has 0 unspecified atom stereocenters. The molecule has 162 valence electrons. The van der Waals surface area contributed by atoms with Crippen LogP contribution >= 0.6 is 11.6 Å². The number of amides is 2. The largest absolute Gasteiger partial charge is 0.378 e. The lowest BCUT2D eigenvalue weighted by Crippen LogP contribution is -2.42. The van der Waals surface area contributed by atoms with E-state index in [-0.39, 0.29) is 11.8 Å². The molecule has 3 aromatic rings. The maximum absolute atomic E-state index is 12.9. The maximum Gasteiger partial charge on any atom is 0.304 e. The molecule has 6 nitrogen and oxygen atoms in total. The molecule has 1 fully saturated rings. The second kappa shape index (κ2) is 9.24. The van der Waals surface area contributed by atoms with Gasteiger partial charge in [-0.15, -0.1) is 10.1 Å². The van der Waals surface area contributed by atoms with Gasteiger partial charge in [-0.25, -0.2) is 0 Å². The fourth-order valence-corrected chi connectivity index (χ4v) is 3.80. The van der Waals surface area contributed by atoms with Gasteiger partial charge in [0.25, 0.3) is 5.91 Å². The number of carbonyl (C=O) groups excluding carboxylic acids is 2. The van der Waals surface area contributed by atoms with E-state index in [1.165, 1.54) is 0 Å². The Balaban J connectivity index is 1.66. The van der Waals surface area contributed by atoms with Gasteiger partial charge < -0.3 is 10.2 Å². The summed E-state index contributed by atoms with van der Waals surface area (Å²) >= 11 is 5.93. The fourth-order valence-electron chi connectivity index (χ4n) is 3.68. The molecule has 32 heavy (non-hydrogen) atoms. The van der Waals surface area contributed by atoms with Crippen molar-refractivity contribution >= 4 is 35.3 Å². The van der Waals surface area contributed by atoms with Gasteiger partial charge in [-0.1, -0.05) is 41.9 Å². The molecule has 2 amide bonds. The second-order valence-electron chi connectivity index (χ2n) is 7.81. The third-order valence-corrected chi connectivity index (χ3v) is 5.62. The number of anilines is 1. The van der Waals surface area contributed by atoms with E-state index in [1.54, 1.807) is 28.9 Å². The van der Waals surface area contributed by atoms with Gasteiger partial charge in [0.1, 0.15) is 0 Å². The van der Waals surface area contributed by atoms with Crippen molar-refractivity contribution in [3.8, 4) is 0 Å². The summed E-state index contributed by atoms with van der Waals surface area (Å²) in [5.74, 6) is -0.609. The number of carbonyl (C=O) groups is 2. The number of rotatable bonds is 5. The molecule has 0 bridgehead atoms. The third-order valence-electron chi connectivity index (χ3n) is 5.37. The topological polar surface area (TPSA) is 64.5 Å². The standard InChI is InChI=1S/C25H23ClN4O2/c1-29(2)21-14-8-17(9-15-21)16-30-23(18-6-4-3-5-7-18)22(25(32)28-30)27-24(31)19-10-12-20(26)13-11-19/h3-16,22-23H,1-2H3,(H-,27,28,31,32)/p+1/t22-,23-/m1/s1. The number of hydrogen-bond acceptors (Lipinski definition) is 3. The Kier molecular flexibility index (Phi) is 6.23. The zero-order valence-electron chi connectivity index (χ0n) is 17.8. The van der Waals surface area contributed by atoms with Crippen molar-refractivity contribution in [1.29, 1.82) is 0 Å². The van der Waals surface area contributed by atoms with E-state index in [9.17, 15) is 9.59 Å². The zero-order chi connectivity index (χ0) is 22.7. The summed E-state index contributed by atoms with van der Waals surface area (Å²) in [5, 5.41) is 3.44. The highest BCUT2D eigenvalue weighted by Crippen LogP contribution is 2.25. The quantitative estimate of drug-likeness (QED) is 0.589. The third kappa shape index (κ3) is 4.65. The van der Waals surface area contributed by atoms with E-state index in [1.807, 2.05) is 79.8 Å². The predicted molar refractivity (Wildman–Crippen MR) is 126 cm³/mol. The van der Waals surface area contributed by atoms with E-state index in [2.05, 4.69) is 10.7 Å². The van der Waals surface area contributed by atoms with Crippen LogP contribution in [0.4, 0.5) is 5.69 Å². The van der Waals surface area contributed by atoms with Gasteiger partial charge >= 0.3 is 5.91 Å². The van der Waals surface area contributed by atoms with Crippen LogP contribution in [0.2, 0.25) is 5.02 Å². The molecule has 0 saturated carbocycles. The lowest BCUT2D eigenvalue weighted by atomic mass is 10.00. The van der Waals surface area contributed by atoms with Crippen LogP contribution in [-0.4, -0.2) is 42.9 Å². The highest BCUT2D eigenvalue weighted by molar-refractivity contribution is 6.30. The Morgan fingerprint density at radius 1 is 1.00 bits per heavy atom. The highest BCUT2D eigenvalue weighted by Gasteiger charge is 2.47. The van der Waals surface area contributed by atoms with Gasteiger partial charge in [-0.3, -0.25) is 9.59 Å². The summed E-state index contributed by atoms with van der Waals surface area (Å²) in [4.78, 5) is 27.8. The number of hydrogen-bond donors (Lipinski definition) is 2. The SMILES string of the molecule is CN(C)c1ccc(/C=[N+]2\NC(=O)[C@H](NC(=O)c3ccc(Cl)cc3)[C@H]2c2ccccc2)cc1. The van der Waals surface area contributed by atoms with Crippen LogP contribution in [-0.2, 0) is 4.79 Å². The minimum atomic E-state index is -0.766. The first-order chi connectivity index (χ1) is 15.4. The van der Waals surface area contributed by atoms with Crippen LogP contribution in [0.3, 0.4) is 0 Å². The Labute approximate surface area is 192 Å². The molecule has 0 aromatic heterocycles. The average Bonchev–Trinajstić information content (AvgIpc) is 3.09. The minimum absolute atomic E-state index is 0.276. The molecule has 1 saturated heterocycles. The van der Waals surface area contributed by atoms with Crippen LogP contribution in [0.15, 0.2) is 78.9 Å². The van der Waals surface area contributed by atoms with Gasteiger partial charge in [0.2, 0.25) is 12.3 Å². The number of halogens is 1. The van der Waals surface area contributed by atoms with Crippen molar-refractivity contribution in [3.05, 3.63) is 101 Å². The molecule has 3 aromatic carbocycles. The van der Waals surface area contributed by atoms with Crippen LogP contribution in [0.25, 0.3) is 0 Å². The second-order valence-corrected chi connectivity index (χ2v) is 8.25. The molecular weight excluding hydrogens is 424 g/mol. The number of nitrogens with zero attached hydrogens (tertiary/aromatic N) is 2. The maximum atomic E-state index is 12.9. The lowest BCUT2D eigenvalue weighted by Gasteiger charge is -2.15. The predicted octanol–water partition coefficient (Wildman–Crippen LogP) is 3.42. The molecule has 0 spiro atoms. The summed E-state index contributed by atoms with van der Waals surface area (Å²) in [6.07, 6.45) is 1.88. The van der Waals surface area contributed by atoms with Crippen molar-refractivity contribution in [2.24, 2.45) is 0 Å². The van der Waals surface area contributed by atoms with Crippen molar-refractivity contribution in [3.63, 3.8) is 0 Å². The van der Waals surface area contributed by atoms with Crippen LogP contribution in [0.1, 0.15) is 27.5 Å². The summed E-state index contributed by atoms with van der Waals surface area (Å²) in [6, 6.07) is 23.1.